The Balaban J connectivity index is 1.95. The molecule has 0 fully saturated rings. The molecule has 0 atom stereocenters. The van der Waals surface area contributed by atoms with E-state index in [1.54, 1.807) is 13.1 Å². The standard InChI is InChI=1S/C23H24ClN3O2/c1-3-27(26-20-14-15-25-21-16-18(24)10-11-19(20)21)22(12-13-23(28)29-4-2)17-8-6-5-7-9-17/h5-12,14-16H,3-4,13H2,1-2H3,(H,25,26)/b22-12-. The zero-order valence-corrected chi connectivity index (χ0v) is 17.3. The van der Waals surface area contributed by atoms with Crippen LogP contribution in [0.3, 0.4) is 0 Å². The van der Waals surface area contributed by atoms with E-state index in [1.165, 1.54) is 0 Å². The topological polar surface area (TPSA) is 54.5 Å². The van der Waals surface area contributed by atoms with Crippen LogP contribution < -0.4 is 5.43 Å². The van der Waals surface area contributed by atoms with Gasteiger partial charge < -0.3 is 4.74 Å². The van der Waals surface area contributed by atoms with Crippen LogP contribution in [0.2, 0.25) is 5.02 Å². The van der Waals surface area contributed by atoms with Crippen molar-refractivity contribution >= 4 is 39.9 Å². The molecule has 0 aliphatic carbocycles. The maximum Gasteiger partial charge on any atom is 0.309 e. The Morgan fingerprint density at radius 1 is 1.17 bits per heavy atom. The maximum atomic E-state index is 11.9. The number of aromatic nitrogens is 1. The molecule has 0 spiro atoms. The number of halogens is 1. The number of nitrogens with one attached hydrogen (secondary N) is 1. The van der Waals surface area contributed by atoms with Crippen molar-refractivity contribution in [2.45, 2.75) is 20.3 Å². The summed E-state index contributed by atoms with van der Waals surface area (Å²) >= 11 is 6.11. The number of hydrogen-bond acceptors (Lipinski definition) is 5. The molecule has 1 heterocycles. The van der Waals surface area contributed by atoms with Crippen LogP contribution in [-0.2, 0) is 9.53 Å². The minimum atomic E-state index is -0.249. The highest BCUT2D eigenvalue weighted by atomic mass is 35.5. The minimum absolute atomic E-state index is 0.197. The highest BCUT2D eigenvalue weighted by Gasteiger charge is 2.13. The van der Waals surface area contributed by atoms with Crippen molar-refractivity contribution in [1.82, 2.24) is 9.99 Å². The number of pyridine rings is 1. The molecule has 0 radical (unpaired) electrons. The van der Waals surface area contributed by atoms with E-state index in [0.29, 0.717) is 18.2 Å². The van der Waals surface area contributed by atoms with E-state index in [4.69, 9.17) is 16.3 Å². The molecule has 0 aliphatic heterocycles. The fourth-order valence-electron chi connectivity index (χ4n) is 3.07. The molecule has 29 heavy (non-hydrogen) atoms. The Kier molecular flexibility index (Phi) is 7.09. The zero-order valence-electron chi connectivity index (χ0n) is 16.6. The molecule has 0 unspecified atom stereocenters. The van der Waals surface area contributed by atoms with E-state index in [2.05, 4.69) is 10.4 Å². The third-order valence-electron chi connectivity index (χ3n) is 4.40. The zero-order chi connectivity index (χ0) is 20.6. The molecule has 3 aromatic rings. The lowest BCUT2D eigenvalue weighted by molar-refractivity contribution is -0.142. The molecule has 0 amide bonds. The second kappa shape index (κ2) is 9.94. The van der Waals surface area contributed by atoms with Gasteiger partial charge in [0.05, 0.1) is 29.9 Å². The molecule has 3 rings (SSSR count). The first-order valence-corrected chi connectivity index (χ1v) is 9.99. The summed E-state index contributed by atoms with van der Waals surface area (Å²) in [6, 6.07) is 17.5. The van der Waals surface area contributed by atoms with Crippen LogP contribution in [0.15, 0.2) is 66.9 Å². The quantitative estimate of drug-likeness (QED) is 0.391. The van der Waals surface area contributed by atoms with Crippen LogP contribution in [0, 0.1) is 0 Å². The summed E-state index contributed by atoms with van der Waals surface area (Å²) in [5.41, 5.74) is 7.11. The molecule has 5 nitrogen and oxygen atoms in total. The van der Waals surface area contributed by atoms with Crippen molar-refractivity contribution in [2.75, 3.05) is 18.6 Å². The fraction of sp³-hybridized carbons (Fsp3) is 0.217. The van der Waals surface area contributed by atoms with Crippen LogP contribution in [0.25, 0.3) is 16.6 Å². The highest BCUT2D eigenvalue weighted by molar-refractivity contribution is 6.31. The number of hydrazine groups is 1. The van der Waals surface area contributed by atoms with E-state index in [1.807, 2.05) is 72.6 Å². The average molecular weight is 410 g/mol. The van der Waals surface area contributed by atoms with Gasteiger partial charge in [-0.1, -0.05) is 41.9 Å². The summed E-state index contributed by atoms with van der Waals surface area (Å²) in [7, 11) is 0. The molecule has 0 bridgehead atoms. The number of carbonyl (C=O) groups excluding carboxylic acids is 1. The number of esters is 1. The van der Waals surface area contributed by atoms with E-state index < -0.39 is 0 Å². The molecule has 2 aromatic carbocycles. The van der Waals surface area contributed by atoms with Gasteiger partial charge in [0, 0.05) is 23.2 Å². The molecule has 0 saturated heterocycles. The summed E-state index contributed by atoms with van der Waals surface area (Å²) in [6.07, 6.45) is 3.84. The Labute approximate surface area is 175 Å². The molecular formula is C23H24ClN3O2. The van der Waals surface area contributed by atoms with Crippen molar-refractivity contribution in [2.24, 2.45) is 0 Å². The third-order valence-corrected chi connectivity index (χ3v) is 4.64. The highest BCUT2D eigenvalue weighted by Crippen LogP contribution is 2.27. The van der Waals surface area contributed by atoms with Crippen LogP contribution >= 0.6 is 11.6 Å². The van der Waals surface area contributed by atoms with Gasteiger partial charge in [-0.15, -0.1) is 0 Å². The molecule has 0 aliphatic rings. The number of ether oxygens (including phenoxy) is 1. The Bertz CT molecular complexity index is 1010. The lowest BCUT2D eigenvalue weighted by atomic mass is 10.1. The van der Waals surface area contributed by atoms with Gasteiger partial charge >= 0.3 is 5.97 Å². The smallest absolute Gasteiger partial charge is 0.309 e. The summed E-state index contributed by atoms with van der Waals surface area (Å²) in [6.45, 7) is 4.91. The van der Waals surface area contributed by atoms with Gasteiger partial charge in [-0.05, 0) is 49.8 Å². The van der Waals surface area contributed by atoms with Gasteiger partial charge in [-0.3, -0.25) is 20.2 Å². The molecule has 6 heteroatoms. The Hall–Kier alpha value is -3.05. The van der Waals surface area contributed by atoms with E-state index in [0.717, 1.165) is 27.9 Å². The minimum Gasteiger partial charge on any atom is -0.466 e. The molecule has 150 valence electrons. The van der Waals surface area contributed by atoms with Crippen molar-refractivity contribution in [3.63, 3.8) is 0 Å². The van der Waals surface area contributed by atoms with Crippen molar-refractivity contribution < 1.29 is 9.53 Å². The number of hydrogen-bond donors (Lipinski definition) is 1. The number of benzene rings is 2. The normalized spacial score (nSPS) is 11.3. The number of nitrogens with zero attached hydrogens (tertiary/aromatic N) is 2. The first kappa shape index (κ1) is 20.7. The van der Waals surface area contributed by atoms with Gasteiger partial charge in [0.25, 0.3) is 0 Å². The Morgan fingerprint density at radius 3 is 2.69 bits per heavy atom. The van der Waals surface area contributed by atoms with Gasteiger partial charge in [0.2, 0.25) is 0 Å². The largest absolute Gasteiger partial charge is 0.466 e. The van der Waals surface area contributed by atoms with Crippen molar-refractivity contribution in [1.29, 1.82) is 0 Å². The monoisotopic (exact) mass is 409 g/mol. The fourth-order valence-corrected chi connectivity index (χ4v) is 3.23. The third kappa shape index (κ3) is 5.27. The molecule has 1 N–H and O–H groups in total. The van der Waals surface area contributed by atoms with E-state index in [-0.39, 0.29) is 12.4 Å². The van der Waals surface area contributed by atoms with E-state index in [9.17, 15) is 4.79 Å². The second-order valence-electron chi connectivity index (χ2n) is 6.34. The van der Waals surface area contributed by atoms with Crippen LogP contribution in [0.1, 0.15) is 25.8 Å². The number of rotatable bonds is 8. The van der Waals surface area contributed by atoms with Gasteiger partial charge in [-0.2, -0.15) is 0 Å². The Morgan fingerprint density at radius 2 is 1.97 bits per heavy atom. The van der Waals surface area contributed by atoms with Crippen molar-refractivity contribution in [3.05, 3.63) is 77.5 Å². The predicted octanol–water partition coefficient (Wildman–Crippen LogP) is 5.53. The SMILES string of the molecule is CCOC(=O)C/C=C(/c1ccccc1)N(CC)Nc1ccnc2cc(Cl)ccc12. The number of fused-ring (bicyclic) bond motifs is 1. The van der Waals surface area contributed by atoms with Crippen LogP contribution in [-0.4, -0.2) is 29.1 Å². The summed E-state index contributed by atoms with van der Waals surface area (Å²) in [5, 5.41) is 3.62. The lowest BCUT2D eigenvalue weighted by Gasteiger charge is -2.28. The van der Waals surface area contributed by atoms with Gasteiger partial charge in [-0.25, -0.2) is 0 Å². The maximum absolute atomic E-state index is 11.9. The second-order valence-corrected chi connectivity index (χ2v) is 6.78. The predicted molar refractivity (Wildman–Crippen MR) is 118 cm³/mol. The summed E-state index contributed by atoms with van der Waals surface area (Å²) < 4.78 is 5.09. The molecular weight excluding hydrogens is 386 g/mol. The summed E-state index contributed by atoms with van der Waals surface area (Å²) in [4.78, 5) is 16.3. The van der Waals surface area contributed by atoms with E-state index >= 15 is 0 Å². The summed E-state index contributed by atoms with van der Waals surface area (Å²) in [5.74, 6) is -0.249. The van der Waals surface area contributed by atoms with Gasteiger partial charge in [0.15, 0.2) is 0 Å². The molecule has 0 saturated carbocycles. The van der Waals surface area contributed by atoms with Gasteiger partial charge in [0.1, 0.15) is 0 Å². The van der Waals surface area contributed by atoms with Crippen molar-refractivity contribution in [3.8, 4) is 0 Å². The van der Waals surface area contributed by atoms with Crippen LogP contribution in [0.5, 0.6) is 0 Å². The number of anilines is 1. The van der Waals surface area contributed by atoms with Crippen LogP contribution in [0.4, 0.5) is 5.69 Å². The lowest BCUT2D eigenvalue weighted by Crippen LogP contribution is -2.28. The first-order chi connectivity index (χ1) is 14.1. The number of carbonyl (C=O) groups is 1. The molecule has 1 aromatic heterocycles. The average Bonchev–Trinajstić information content (AvgIpc) is 2.73. The first-order valence-electron chi connectivity index (χ1n) is 9.62.